The number of hydrogen-bond acceptors (Lipinski definition) is 4. The first kappa shape index (κ1) is 10.6. The minimum Gasteiger partial charge on any atom is -0.387 e. The van der Waals surface area contributed by atoms with Gasteiger partial charge in [-0.05, 0) is 12.3 Å². The van der Waals surface area contributed by atoms with Gasteiger partial charge in [0, 0.05) is 17.5 Å². The Balaban J connectivity index is 2.91. The largest absolute Gasteiger partial charge is 0.387 e. The Morgan fingerprint density at radius 2 is 2.46 bits per heavy atom. The van der Waals surface area contributed by atoms with Gasteiger partial charge < -0.3 is 10.8 Å². The lowest BCUT2D eigenvalue weighted by Gasteiger charge is -2.11. The maximum atomic E-state index is 9.63. The van der Waals surface area contributed by atoms with Gasteiger partial charge in [-0.25, -0.2) is 4.98 Å². The Morgan fingerprint density at radius 3 is 3.08 bits per heavy atom. The monoisotopic (exact) mass is 218 g/mol. The minimum absolute atomic E-state index is 0.339. The number of nitrogens with zero attached hydrogens (tertiary/aromatic N) is 1. The first-order chi connectivity index (χ1) is 6.15. The van der Waals surface area contributed by atoms with Crippen LogP contribution in [-0.2, 0) is 0 Å². The van der Waals surface area contributed by atoms with Gasteiger partial charge in [0.25, 0.3) is 0 Å². The molecule has 0 aliphatic carbocycles. The summed E-state index contributed by atoms with van der Waals surface area (Å²) in [6.45, 7) is 0. The van der Waals surface area contributed by atoms with Crippen molar-refractivity contribution in [2.24, 2.45) is 0 Å². The van der Waals surface area contributed by atoms with Crippen LogP contribution in [-0.4, -0.2) is 22.1 Å². The first-order valence-corrected chi connectivity index (χ1v) is 5.50. The minimum atomic E-state index is -0.596. The lowest BCUT2D eigenvalue weighted by molar-refractivity contribution is 0.204. The standard InChI is InChI=1S/C8H11ClN2OS/c1-13-4-7(12)6-2-5(9)3-11-8(6)10/h2-3,7,12H,4H2,1H3,(H2,10,11). The molecule has 0 radical (unpaired) electrons. The second-order valence-corrected chi connectivity index (χ2v) is 3.95. The summed E-state index contributed by atoms with van der Waals surface area (Å²) < 4.78 is 0. The number of hydrogen-bond donors (Lipinski definition) is 2. The molecule has 5 heteroatoms. The molecule has 3 nitrogen and oxygen atoms in total. The Morgan fingerprint density at radius 1 is 1.77 bits per heavy atom. The molecular weight excluding hydrogens is 208 g/mol. The van der Waals surface area contributed by atoms with Gasteiger partial charge in [0.15, 0.2) is 0 Å². The van der Waals surface area contributed by atoms with Crippen molar-refractivity contribution < 1.29 is 5.11 Å². The van der Waals surface area contributed by atoms with Crippen molar-refractivity contribution in [1.82, 2.24) is 4.98 Å². The molecule has 0 aromatic carbocycles. The van der Waals surface area contributed by atoms with Crippen molar-refractivity contribution in [3.63, 3.8) is 0 Å². The van der Waals surface area contributed by atoms with E-state index in [1.54, 1.807) is 17.8 Å². The van der Waals surface area contributed by atoms with E-state index >= 15 is 0 Å². The molecule has 1 rings (SSSR count). The number of aromatic nitrogens is 1. The number of nitrogen functional groups attached to an aromatic ring is 1. The summed E-state index contributed by atoms with van der Waals surface area (Å²) in [5, 5.41) is 10.1. The maximum absolute atomic E-state index is 9.63. The van der Waals surface area contributed by atoms with Crippen molar-refractivity contribution in [3.8, 4) is 0 Å². The average molecular weight is 219 g/mol. The number of nitrogens with two attached hydrogens (primary N) is 1. The number of thioether (sulfide) groups is 1. The van der Waals surface area contributed by atoms with Crippen LogP contribution in [0.4, 0.5) is 5.82 Å². The first-order valence-electron chi connectivity index (χ1n) is 3.73. The summed E-state index contributed by atoms with van der Waals surface area (Å²) in [7, 11) is 0. The topological polar surface area (TPSA) is 59.1 Å². The zero-order valence-electron chi connectivity index (χ0n) is 7.20. The summed E-state index contributed by atoms with van der Waals surface area (Å²) in [6, 6.07) is 1.64. The van der Waals surface area contributed by atoms with Gasteiger partial charge in [0.05, 0.1) is 11.1 Å². The van der Waals surface area contributed by atoms with Gasteiger partial charge in [-0.1, -0.05) is 11.6 Å². The number of pyridine rings is 1. The normalized spacial score (nSPS) is 12.8. The van der Waals surface area contributed by atoms with E-state index in [4.69, 9.17) is 17.3 Å². The molecule has 72 valence electrons. The molecule has 0 aliphatic heterocycles. The van der Waals surface area contributed by atoms with E-state index in [0.29, 0.717) is 22.2 Å². The van der Waals surface area contributed by atoms with Crippen molar-refractivity contribution >= 4 is 29.2 Å². The fraction of sp³-hybridized carbons (Fsp3) is 0.375. The lowest BCUT2D eigenvalue weighted by atomic mass is 10.2. The Kier molecular flexibility index (Phi) is 3.84. The van der Waals surface area contributed by atoms with Crippen molar-refractivity contribution in [2.45, 2.75) is 6.10 Å². The Hall–Kier alpha value is -0.450. The highest BCUT2D eigenvalue weighted by Crippen LogP contribution is 2.23. The molecule has 1 unspecified atom stereocenters. The zero-order valence-corrected chi connectivity index (χ0v) is 8.77. The van der Waals surface area contributed by atoms with Crippen LogP contribution in [0.3, 0.4) is 0 Å². The number of anilines is 1. The van der Waals surface area contributed by atoms with Crippen molar-refractivity contribution in [3.05, 3.63) is 22.8 Å². The van der Waals surface area contributed by atoms with E-state index in [-0.39, 0.29) is 0 Å². The summed E-state index contributed by atoms with van der Waals surface area (Å²) in [5.74, 6) is 0.928. The molecule has 1 aromatic heterocycles. The summed E-state index contributed by atoms with van der Waals surface area (Å²) in [5.41, 5.74) is 6.18. The van der Waals surface area contributed by atoms with E-state index in [1.807, 2.05) is 6.26 Å². The smallest absolute Gasteiger partial charge is 0.129 e. The van der Waals surface area contributed by atoms with E-state index in [0.717, 1.165) is 0 Å². The second-order valence-electron chi connectivity index (χ2n) is 2.60. The van der Waals surface area contributed by atoms with Gasteiger partial charge in [-0.3, -0.25) is 0 Å². The van der Waals surface area contributed by atoms with E-state index in [9.17, 15) is 5.11 Å². The average Bonchev–Trinajstić information content (AvgIpc) is 2.09. The van der Waals surface area contributed by atoms with Gasteiger partial charge in [0.2, 0.25) is 0 Å². The van der Waals surface area contributed by atoms with Gasteiger partial charge in [-0.2, -0.15) is 11.8 Å². The number of aliphatic hydroxyl groups is 1. The van der Waals surface area contributed by atoms with Crippen LogP contribution >= 0.6 is 23.4 Å². The molecular formula is C8H11ClN2OS. The van der Waals surface area contributed by atoms with Gasteiger partial charge in [-0.15, -0.1) is 0 Å². The van der Waals surface area contributed by atoms with Crippen LogP contribution in [0.5, 0.6) is 0 Å². The zero-order chi connectivity index (χ0) is 9.84. The van der Waals surface area contributed by atoms with Crippen LogP contribution < -0.4 is 5.73 Å². The molecule has 0 saturated carbocycles. The van der Waals surface area contributed by atoms with Crippen LogP contribution in [0, 0.1) is 0 Å². The summed E-state index contributed by atoms with van der Waals surface area (Å²) in [4.78, 5) is 3.86. The van der Waals surface area contributed by atoms with Crippen LogP contribution in [0.2, 0.25) is 5.02 Å². The molecule has 0 saturated heterocycles. The molecule has 0 bridgehead atoms. The fourth-order valence-corrected chi connectivity index (χ4v) is 1.64. The Labute approximate surface area is 86.3 Å². The molecule has 0 aliphatic rings. The number of aliphatic hydroxyl groups excluding tert-OH is 1. The molecule has 1 aromatic rings. The highest BCUT2D eigenvalue weighted by Gasteiger charge is 2.11. The van der Waals surface area contributed by atoms with Crippen molar-refractivity contribution in [1.29, 1.82) is 0 Å². The number of halogens is 1. The predicted octanol–water partition coefficient (Wildman–Crippen LogP) is 1.71. The quantitative estimate of drug-likeness (QED) is 0.811. The highest BCUT2D eigenvalue weighted by molar-refractivity contribution is 7.98. The Bertz CT molecular complexity index is 295. The molecule has 1 heterocycles. The summed E-state index contributed by atoms with van der Waals surface area (Å²) >= 11 is 7.27. The molecule has 3 N–H and O–H groups in total. The lowest BCUT2D eigenvalue weighted by Crippen LogP contribution is -2.05. The van der Waals surface area contributed by atoms with E-state index in [1.165, 1.54) is 6.20 Å². The third-order valence-electron chi connectivity index (χ3n) is 1.60. The predicted molar refractivity (Wildman–Crippen MR) is 57.0 cm³/mol. The third-order valence-corrected chi connectivity index (χ3v) is 2.46. The van der Waals surface area contributed by atoms with E-state index in [2.05, 4.69) is 4.98 Å². The van der Waals surface area contributed by atoms with Crippen LogP contribution in [0.1, 0.15) is 11.7 Å². The second kappa shape index (κ2) is 4.69. The van der Waals surface area contributed by atoms with Gasteiger partial charge >= 0.3 is 0 Å². The van der Waals surface area contributed by atoms with E-state index < -0.39 is 6.10 Å². The van der Waals surface area contributed by atoms with Crippen LogP contribution in [0.15, 0.2) is 12.3 Å². The fourth-order valence-electron chi connectivity index (χ4n) is 0.980. The molecule has 0 spiro atoms. The van der Waals surface area contributed by atoms with Crippen molar-refractivity contribution in [2.75, 3.05) is 17.7 Å². The molecule has 0 amide bonds. The van der Waals surface area contributed by atoms with Crippen LogP contribution in [0.25, 0.3) is 0 Å². The molecule has 0 fully saturated rings. The van der Waals surface area contributed by atoms with Gasteiger partial charge in [0.1, 0.15) is 5.82 Å². The third kappa shape index (κ3) is 2.76. The molecule has 13 heavy (non-hydrogen) atoms. The molecule has 1 atom stereocenters. The highest BCUT2D eigenvalue weighted by atomic mass is 35.5. The SMILES string of the molecule is CSCC(O)c1cc(Cl)cnc1N. The number of rotatable bonds is 3. The summed E-state index contributed by atoms with van der Waals surface area (Å²) in [6.07, 6.45) is 2.78. The maximum Gasteiger partial charge on any atom is 0.129 e.